The highest BCUT2D eigenvalue weighted by atomic mass is 32.1. The van der Waals surface area contributed by atoms with Crippen LogP contribution >= 0.6 is 11.3 Å². The lowest BCUT2D eigenvalue weighted by Gasteiger charge is -2.47. The van der Waals surface area contributed by atoms with Crippen LogP contribution in [-0.2, 0) is 17.7 Å². The maximum atomic E-state index is 14.7. The van der Waals surface area contributed by atoms with Crippen molar-refractivity contribution in [1.82, 2.24) is 9.88 Å². The number of morpholine rings is 1. The number of thiazole rings is 1. The van der Waals surface area contributed by atoms with Crippen LogP contribution in [0.2, 0.25) is 0 Å². The second-order valence-corrected chi connectivity index (χ2v) is 10.4. The van der Waals surface area contributed by atoms with Gasteiger partial charge in [-0.3, -0.25) is 4.90 Å². The van der Waals surface area contributed by atoms with Crippen LogP contribution in [-0.4, -0.2) is 60.0 Å². The molecule has 0 aliphatic carbocycles. The number of aryl methyl sites for hydroxylation is 1. The van der Waals surface area contributed by atoms with E-state index in [1.54, 1.807) is 17.4 Å². The summed E-state index contributed by atoms with van der Waals surface area (Å²) in [6.07, 6.45) is 2.25. The quantitative estimate of drug-likeness (QED) is 0.722. The summed E-state index contributed by atoms with van der Waals surface area (Å²) < 4.78 is 21.1. The summed E-state index contributed by atoms with van der Waals surface area (Å²) >= 11 is 1.81. The highest BCUT2D eigenvalue weighted by Crippen LogP contribution is 2.36. The van der Waals surface area contributed by atoms with Gasteiger partial charge in [0.05, 0.1) is 17.2 Å². The van der Waals surface area contributed by atoms with Crippen molar-refractivity contribution in [2.24, 2.45) is 0 Å². The van der Waals surface area contributed by atoms with E-state index >= 15 is 0 Å². The van der Waals surface area contributed by atoms with Crippen molar-refractivity contribution in [3.63, 3.8) is 0 Å². The van der Waals surface area contributed by atoms with Crippen LogP contribution in [0.25, 0.3) is 0 Å². The first-order chi connectivity index (χ1) is 14.9. The molecule has 2 aliphatic rings. The fourth-order valence-electron chi connectivity index (χ4n) is 4.71. The minimum atomic E-state index is -0.170. The van der Waals surface area contributed by atoms with Crippen molar-refractivity contribution in [2.45, 2.75) is 58.1 Å². The highest BCUT2D eigenvalue weighted by molar-refractivity contribution is 7.12. The SMILES string of the molecule is Cc1sc(C(C)C)nc1N1CCOC2(CCN(Cc3cccc(CCO)c3F)CC2)C1. The number of aliphatic hydroxyl groups excluding tert-OH is 1. The third kappa shape index (κ3) is 4.95. The summed E-state index contributed by atoms with van der Waals surface area (Å²) in [7, 11) is 0. The first-order valence-electron chi connectivity index (χ1n) is 11.4. The Morgan fingerprint density at radius 1 is 1.23 bits per heavy atom. The highest BCUT2D eigenvalue weighted by Gasteiger charge is 2.40. The van der Waals surface area contributed by atoms with E-state index in [0.717, 1.165) is 51.4 Å². The number of benzene rings is 1. The van der Waals surface area contributed by atoms with E-state index in [4.69, 9.17) is 14.8 Å². The molecule has 2 aromatic rings. The minimum Gasteiger partial charge on any atom is -0.396 e. The monoisotopic (exact) mass is 447 g/mol. The lowest BCUT2D eigenvalue weighted by Crippen LogP contribution is -2.57. The van der Waals surface area contributed by atoms with Crippen molar-refractivity contribution < 1.29 is 14.2 Å². The van der Waals surface area contributed by atoms with Crippen molar-refractivity contribution in [1.29, 1.82) is 0 Å². The molecular formula is C24H34FN3O2S. The molecule has 2 saturated heterocycles. The first kappa shape index (κ1) is 22.6. The van der Waals surface area contributed by atoms with E-state index in [2.05, 4.69) is 30.6 Å². The van der Waals surface area contributed by atoms with Gasteiger partial charge in [-0.2, -0.15) is 0 Å². The number of nitrogens with zero attached hydrogens (tertiary/aromatic N) is 3. The molecule has 1 aromatic heterocycles. The van der Waals surface area contributed by atoms with Crippen LogP contribution in [0, 0.1) is 12.7 Å². The number of aromatic nitrogens is 1. The Balaban J connectivity index is 1.39. The van der Waals surface area contributed by atoms with Gasteiger partial charge in [-0.05, 0) is 31.7 Å². The zero-order valence-electron chi connectivity index (χ0n) is 18.9. The summed E-state index contributed by atoms with van der Waals surface area (Å²) in [6, 6.07) is 5.51. The summed E-state index contributed by atoms with van der Waals surface area (Å²) in [6.45, 7) is 11.4. The Kier molecular flexibility index (Phi) is 6.96. The zero-order valence-corrected chi connectivity index (χ0v) is 19.7. The molecule has 1 aromatic carbocycles. The summed E-state index contributed by atoms with van der Waals surface area (Å²) in [5.41, 5.74) is 1.17. The van der Waals surface area contributed by atoms with Crippen molar-refractivity contribution in [2.75, 3.05) is 44.3 Å². The van der Waals surface area contributed by atoms with Gasteiger partial charge in [-0.25, -0.2) is 9.37 Å². The number of anilines is 1. The summed E-state index contributed by atoms with van der Waals surface area (Å²) in [4.78, 5) is 11.0. The molecule has 4 rings (SSSR count). The molecule has 170 valence electrons. The van der Waals surface area contributed by atoms with Gasteiger partial charge in [0, 0.05) is 55.7 Å². The third-order valence-corrected chi connectivity index (χ3v) is 7.79. The Morgan fingerprint density at radius 2 is 1.97 bits per heavy atom. The smallest absolute Gasteiger partial charge is 0.143 e. The molecular weight excluding hydrogens is 413 g/mol. The van der Waals surface area contributed by atoms with Gasteiger partial charge in [0.2, 0.25) is 0 Å². The van der Waals surface area contributed by atoms with Crippen LogP contribution in [0.15, 0.2) is 18.2 Å². The van der Waals surface area contributed by atoms with Gasteiger partial charge >= 0.3 is 0 Å². The van der Waals surface area contributed by atoms with Crippen molar-refractivity contribution in [3.8, 4) is 0 Å². The van der Waals surface area contributed by atoms with Crippen LogP contribution < -0.4 is 4.90 Å². The van der Waals surface area contributed by atoms with Crippen LogP contribution in [0.5, 0.6) is 0 Å². The average molecular weight is 448 g/mol. The molecule has 2 aliphatic heterocycles. The number of piperidine rings is 1. The molecule has 1 N–H and O–H groups in total. The number of hydrogen-bond donors (Lipinski definition) is 1. The maximum Gasteiger partial charge on any atom is 0.143 e. The van der Waals surface area contributed by atoms with E-state index in [-0.39, 0.29) is 18.0 Å². The molecule has 5 nitrogen and oxygen atoms in total. The third-order valence-electron chi connectivity index (χ3n) is 6.53. The van der Waals surface area contributed by atoms with Crippen LogP contribution in [0.1, 0.15) is 53.6 Å². The number of ether oxygens (including phenoxy) is 1. The molecule has 0 bridgehead atoms. The van der Waals surface area contributed by atoms with E-state index in [1.165, 1.54) is 9.88 Å². The second kappa shape index (κ2) is 9.53. The standard InChI is InChI=1S/C24H34FN3O2S/c1-17(2)23-26-22(18(3)31-23)28-12-14-30-24(16-28)8-10-27(11-9-24)15-20-6-4-5-19(7-13-29)21(20)25/h4-6,17,29H,7-16H2,1-3H3. The fourth-order valence-corrected chi connectivity index (χ4v) is 5.65. The molecule has 0 unspecified atom stereocenters. The maximum absolute atomic E-state index is 14.7. The predicted molar refractivity (Wildman–Crippen MR) is 124 cm³/mol. The number of likely N-dealkylation sites (tertiary alicyclic amines) is 1. The molecule has 2 fully saturated rings. The Bertz CT molecular complexity index is 893. The second-order valence-electron chi connectivity index (χ2n) is 9.18. The number of aliphatic hydroxyl groups is 1. The van der Waals surface area contributed by atoms with Gasteiger partial charge in [0.1, 0.15) is 11.6 Å². The Labute approximate surface area is 188 Å². The van der Waals surface area contributed by atoms with Crippen molar-refractivity contribution >= 4 is 17.2 Å². The first-order valence-corrected chi connectivity index (χ1v) is 12.2. The van der Waals surface area contributed by atoms with Gasteiger partial charge in [0.15, 0.2) is 0 Å². The van der Waals surface area contributed by atoms with Gasteiger partial charge in [-0.15, -0.1) is 11.3 Å². The van der Waals surface area contributed by atoms with Gasteiger partial charge in [-0.1, -0.05) is 32.0 Å². The lowest BCUT2D eigenvalue weighted by atomic mass is 9.89. The molecule has 0 atom stereocenters. The molecule has 1 spiro atoms. The van der Waals surface area contributed by atoms with Gasteiger partial charge < -0.3 is 14.7 Å². The Hall–Kier alpha value is -1.54. The summed E-state index contributed by atoms with van der Waals surface area (Å²) in [5.74, 6) is 1.41. The van der Waals surface area contributed by atoms with E-state index in [1.807, 2.05) is 12.1 Å². The molecule has 0 radical (unpaired) electrons. The average Bonchev–Trinajstić information content (AvgIpc) is 3.15. The lowest BCUT2D eigenvalue weighted by molar-refractivity contribution is -0.0923. The zero-order chi connectivity index (χ0) is 22.0. The van der Waals surface area contributed by atoms with E-state index in [9.17, 15) is 4.39 Å². The minimum absolute atomic E-state index is 0.0302. The number of halogens is 1. The van der Waals surface area contributed by atoms with E-state index in [0.29, 0.717) is 30.0 Å². The number of rotatable bonds is 6. The predicted octanol–water partition coefficient (Wildman–Crippen LogP) is 4.12. The van der Waals surface area contributed by atoms with Crippen LogP contribution in [0.4, 0.5) is 10.2 Å². The fraction of sp³-hybridized carbons (Fsp3) is 0.625. The molecule has 7 heteroatoms. The van der Waals surface area contributed by atoms with Crippen LogP contribution in [0.3, 0.4) is 0 Å². The molecule has 3 heterocycles. The van der Waals surface area contributed by atoms with Crippen molar-refractivity contribution in [3.05, 3.63) is 45.0 Å². The van der Waals surface area contributed by atoms with E-state index < -0.39 is 0 Å². The number of hydrogen-bond acceptors (Lipinski definition) is 6. The molecule has 0 amide bonds. The molecule has 0 saturated carbocycles. The normalized spacial score (nSPS) is 19.5. The largest absolute Gasteiger partial charge is 0.396 e. The molecule has 31 heavy (non-hydrogen) atoms. The Morgan fingerprint density at radius 3 is 2.65 bits per heavy atom. The van der Waals surface area contributed by atoms with Gasteiger partial charge in [0.25, 0.3) is 0 Å². The summed E-state index contributed by atoms with van der Waals surface area (Å²) in [5, 5.41) is 10.3. The topological polar surface area (TPSA) is 48.8 Å².